The van der Waals surface area contributed by atoms with E-state index in [1.165, 1.54) is 32.4 Å². The van der Waals surface area contributed by atoms with Crippen LogP contribution in [0.15, 0.2) is 58.3 Å². The van der Waals surface area contributed by atoms with Crippen LogP contribution in [-0.2, 0) is 0 Å². The third-order valence-corrected chi connectivity index (χ3v) is 6.30. The van der Waals surface area contributed by atoms with Crippen molar-refractivity contribution in [2.75, 3.05) is 11.5 Å². The first-order chi connectivity index (χ1) is 9.38. The monoisotopic (exact) mass is 302 g/mol. The zero-order chi connectivity index (χ0) is 12.7. The highest BCUT2D eigenvalue weighted by Gasteiger charge is 2.24. The summed E-state index contributed by atoms with van der Waals surface area (Å²) < 4.78 is 0. The lowest BCUT2D eigenvalue weighted by Gasteiger charge is -2.04. The first-order valence-corrected chi connectivity index (χ1v) is 9.41. The van der Waals surface area contributed by atoms with Gasteiger partial charge in [0.15, 0.2) is 0 Å². The van der Waals surface area contributed by atoms with Crippen LogP contribution in [0.1, 0.15) is 21.6 Å². The van der Waals surface area contributed by atoms with Crippen LogP contribution in [0, 0.1) is 0 Å². The second kappa shape index (κ2) is 5.12. The van der Waals surface area contributed by atoms with E-state index in [-0.39, 0.29) is 0 Å². The van der Waals surface area contributed by atoms with Gasteiger partial charge in [0.05, 0.1) is 0 Å². The predicted octanol–water partition coefficient (Wildman–Crippen LogP) is 5.41. The van der Waals surface area contributed by atoms with Crippen LogP contribution in [0.3, 0.4) is 0 Å². The lowest BCUT2D eigenvalue weighted by atomic mass is 10.2. The van der Waals surface area contributed by atoms with Crippen molar-refractivity contribution in [2.45, 2.75) is 20.3 Å². The quantitative estimate of drug-likeness (QED) is 0.693. The van der Waals surface area contributed by atoms with Crippen LogP contribution in [0.2, 0.25) is 0 Å². The Kier molecular flexibility index (Phi) is 3.30. The fourth-order valence-electron chi connectivity index (χ4n) is 2.12. The molecule has 0 aromatic heterocycles. The number of benzene rings is 2. The van der Waals surface area contributed by atoms with Crippen LogP contribution >= 0.6 is 35.3 Å². The summed E-state index contributed by atoms with van der Waals surface area (Å²) >= 11 is 5.92. The molecule has 2 heterocycles. The summed E-state index contributed by atoms with van der Waals surface area (Å²) in [6.45, 7) is 0. The average molecular weight is 302 g/mol. The van der Waals surface area contributed by atoms with Crippen molar-refractivity contribution < 1.29 is 0 Å². The molecule has 0 N–H and O–H groups in total. The Morgan fingerprint density at radius 1 is 0.684 bits per heavy atom. The standard InChI is InChI=1S/C16H14S3/c1-5-13(6-2-11(1)15-9-17-15)19-14-7-3-12(4-8-14)16-10-18-16/h1-8,15-16H,9-10H2. The summed E-state index contributed by atoms with van der Waals surface area (Å²) in [6.07, 6.45) is 0. The van der Waals surface area contributed by atoms with Gasteiger partial charge in [-0.1, -0.05) is 36.0 Å². The first kappa shape index (κ1) is 12.2. The molecule has 4 rings (SSSR count). The van der Waals surface area contributed by atoms with Gasteiger partial charge in [0.1, 0.15) is 0 Å². The van der Waals surface area contributed by atoms with Crippen LogP contribution < -0.4 is 0 Å². The van der Waals surface area contributed by atoms with Gasteiger partial charge < -0.3 is 0 Å². The van der Waals surface area contributed by atoms with E-state index in [0.29, 0.717) is 0 Å². The van der Waals surface area contributed by atoms with Gasteiger partial charge in [0.25, 0.3) is 0 Å². The SMILES string of the molecule is c1cc(C2CS2)ccc1Sc1ccc(C2CS2)cc1. The van der Waals surface area contributed by atoms with Gasteiger partial charge in [-0.2, -0.15) is 23.5 Å². The van der Waals surface area contributed by atoms with E-state index in [4.69, 9.17) is 0 Å². The molecule has 2 saturated heterocycles. The van der Waals surface area contributed by atoms with Gasteiger partial charge in [-0.3, -0.25) is 0 Å². The summed E-state index contributed by atoms with van der Waals surface area (Å²) in [6, 6.07) is 18.1. The summed E-state index contributed by atoms with van der Waals surface area (Å²) in [4.78, 5) is 2.67. The highest BCUT2D eigenvalue weighted by molar-refractivity contribution is 8.06. The van der Waals surface area contributed by atoms with Crippen LogP contribution in [-0.4, -0.2) is 11.5 Å². The molecule has 2 atom stereocenters. The summed E-state index contributed by atoms with van der Waals surface area (Å²) in [5.74, 6) is 2.60. The average Bonchev–Trinajstić information content (AvgIpc) is 3.31. The molecule has 19 heavy (non-hydrogen) atoms. The van der Waals surface area contributed by atoms with Crippen molar-refractivity contribution >= 4 is 35.3 Å². The second-order valence-corrected chi connectivity index (χ2v) is 8.50. The van der Waals surface area contributed by atoms with Crippen molar-refractivity contribution in [2.24, 2.45) is 0 Å². The molecule has 0 bridgehead atoms. The summed E-state index contributed by atoms with van der Waals surface area (Å²) in [5, 5.41) is 1.55. The second-order valence-electron chi connectivity index (χ2n) is 4.88. The normalized spacial score (nSPS) is 24.2. The molecular formula is C16H14S3. The maximum Gasteiger partial charge on any atom is 0.0388 e. The molecule has 2 aromatic carbocycles. The predicted molar refractivity (Wildman–Crippen MR) is 87.4 cm³/mol. The fourth-order valence-corrected chi connectivity index (χ4v) is 4.21. The maximum atomic E-state index is 2.28. The van der Waals surface area contributed by atoms with E-state index < -0.39 is 0 Å². The fraction of sp³-hybridized carbons (Fsp3) is 0.250. The molecule has 3 heteroatoms. The molecule has 0 spiro atoms. The largest absolute Gasteiger partial charge is 0.151 e. The van der Waals surface area contributed by atoms with Gasteiger partial charge in [0, 0.05) is 31.8 Å². The molecule has 0 radical (unpaired) electrons. The van der Waals surface area contributed by atoms with Crippen LogP contribution in [0.25, 0.3) is 0 Å². The van der Waals surface area contributed by atoms with E-state index >= 15 is 0 Å². The molecule has 2 aromatic rings. The maximum absolute atomic E-state index is 2.28. The van der Waals surface area contributed by atoms with Crippen molar-refractivity contribution in [1.82, 2.24) is 0 Å². The molecular weight excluding hydrogens is 288 g/mol. The van der Waals surface area contributed by atoms with Crippen molar-refractivity contribution in [3.05, 3.63) is 59.7 Å². The molecule has 0 nitrogen and oxygen atoms in total. The minimum absolute atomic E-state index is 0.773. The van der Waals surface area contributed by atoms with Crippen molar-refractivity contribution in [1.29, 1.82) is 0 Å². The summed E-state index contributed by atoms with van der Waals surface area (Å²) in [7, 11) is 0. The van der Waals surface area contributed by atoms with Crippen molar-refractivity contribution in [3.8, 4) is 0 Å². The van der Waals surface area contributed by atoms with E-state index in [1.54, 1.807) is 0 Å². The van der Waals surface area contributed by atoms with Crippen LogP contribution in [0.5, 0.6) is 0 Å². The number of hydrogen-bond donors (Lipinski definition) is 0. The van der Waals surface area contributed by atoms with Gasteiger partial charge in [-0.05, 0) is 35.4 Å². The lowest BCUT2D eigenvalue weighted by molar-refractivity contribution is 1.20. The topological polar surface area (TPSA) is 0 Å². The lowest BCUT2D eigenvalue weighted by Crippen LogP contribution is -1.81. The third kappa shape index (κ3) is 2.99. The Bertz CT molecular complexity index is 512. The molecule has 2 unspecified atom stereocenters. The number of hydrogen-bond acceptors (Lipinski definition) is 3. The van der Waals surface area contributed by atoms with Crippen molar-refractivity contribution in [3.63, 3.8) is 0 Å². The Morgan fingerprint density at radius 3 is 1.37 bits per heavy atom. The first-order valence-electron chi connectivity index (χ1n) is 6.49. The Hall–Kier alpha value is -0.510. The summed E-state index contributed by atoms with van der Waals surface area (Å²) in [5.41, 5.74) is 2.96. The molecule has 2 fully saturated rings. The molecule has 96 valence electrons. The number of thioether (sulfide) groups is 2. The smallest absolute Gasteiger partial charge is 0.0388 e. The molecule has 0 saturated carbocycles. The highest BCUT2D eigenvalue weighted by atomic mass is 32.2. The van der Waals surface area contributed by atoms with E-state index in [1.807, 2.05) is 35.3 Å². The molecule has 0 aliphatic carbocycles. The minimum Gasteiger partial charge on any atom is -0.151 e. The Morgan fingerprint density at radius 2 is 1.05 bits per heavy atom. The zero-order valence-corrected chi connectivity index (χ0v) is 12.9. The van der Waals surface area contributed by atoms with Gasteiger partial charge >= 0.3 is 0 Å². The van der Waals surface area contributed by atoms with E-state index in [9.17, 15) is 0 Å². The van der Waals surface area contributed by atoms with Gasteiger partial charge in [0.2, 0.25) is 0 Å². The van der Waals surface area contributed by atoms with Crippen LogP contribution in [0.4, 0.5) is 0 Å². The van der Waals surface area contributed by atoms with Gasteiger partial charge in [-0.15, -0.1) is 0 Å². The Labute approximate surface area is 126 Å². The Balaban J connectivity index is 1.46. The number of rotatable bonds is 4. The molecule has 2 aliphatic heterocycles. The zero-order valence-electron chi connectivity index (χ0n) is 10.4. The molecule has 0 amide bonds. The molecule has 2 aliphatic rings. The third-order valence-electron chi connectivity index (χ3n) is 3.41. The minimum atomic E-state index is 0.773. The highest BCUT2D eigenvalue weighted by Crippen LogP contribution is 2.47. The van der Waals surface area contributed by atoms with Gasteiger partial charge in [-0.25, -0.2) is 0 Å². The van der Waals surface area contributed by atoms with E-state index in [2.05, 4.69) is 48.5 Å². The van der Waals surface area contributed by atoms with E-state index in [0.717, 1.165) is 10.5 Å².